The second kappa shape index (κ2) is 3.57. The van der Waals surface area contributed by atoms with Gasteiger partial charge in [-0.1, -0.05) is 28.1 Å². The molecule has 0 spiro atoms. The summed E-state index contributed by atoms with van der Waals surface area (Å²) in [7, 11) is 0. The van der Waals surface area contributed by atoms with Crippen LogP contribution >= 0.6 is 15.9 Å². The van der Waals surface area contributed by atoms with Crippen LogP contribution in [-0.2, 0) is 10.2 Å². The van der Waals surface area contributed by atoms with Crippen molar-refractivity contribution in [2.75, 3.05) is 0 Å². The number of hydrogen-bond donors (Lipinski definition) is 2. The molecule has 0 unspecified atom stereocenters. The van der Waals surface area contributed by atoms with Crippen molar-refractivity contribution in [3.05, 3.63) is 34.3 Å². The van der Waals surface area contributed by atoms with Crippen molar-refractivity contribution < 1.29 is 15.0 Å². The second-order valence-electron chi connectivity index (χ2n) is 4.74. The van der Waals surface area contributed by atoms with Gasteiger partial charge in [0, 0.05) is 4.47 Å². The van der Waals surface area contributed by atoms with Gasteiger partial charge < -0.3 is 10.2 Å². The van der Waals surface area contributed by atoms with Crippen LogP contribution in [0.4, 0.5) is 0 Å². The van der Waals surface area contributed by atoms with Gasteiger partial charge >= 0.3 is 5.97 Å². The van der Waals surface area contributed by atoms with Gasteiger partial charge in [-0.2, -0.15) is 0 Å². The van der Waals surface area contributed by atoms with E-state index in [1.54, 1.807) is 19.1 Å². The van der Waals surface area contributed by atoms with Crippen LogP contribution in [0.5, 0.6) is 0 Å². The van der Waals surface area contributed by atoms with Crippen molar-refractivity contribution >= 4 is 21.9 Å². The minimum atomic E-state index is -0.913. The van der Waals surface area contributed by atoms with E-state index in [-0.39, 0.29) is 12.8 Å². The molecule has 0 saturated heterocycles. The molecule has 1 aliphatic rings. The lowest BCUT2D eigenvalue weighted by Crippen LogP contribution is -2.57. The van der Waals surface area contributed by atoms with Crippen LogP contribution in [0.1, 0.15) is 25.3 Å². The molecule has 4 heteroatoms. The maximum atomic E-state index is 11.4. The van der Waals surface area contributed by atoms with E-state index in [4.69, 9.17) is 0 Å². The Morgan fingerprint density at radius 1 is 1.31 bits per heavy atom. The maximum absolute atomic E-state index is 11.4. The molecule has 0 bridgehead atoms. The van der Waals surface area contributed by atoms with Crippen molar-refractivity contribution in [1.82, 2.24) is 0 Å². The first kappa shape index (κ1) is 11.6. The fourth-order valence-electron chi connectivity index (χ4n) is 2.50. The zero-order valence-electron chi connectivity index (χ0n) is 8.90. The average molecular weight is 285 g/mol. The molecule has 0 radical (unpaired) electrons. The van der Waals surface area contributed by atoms with Crippen molar-refractivity contribution in [1.29, 1.82) is 0 Å². The SMILES string of the molecule is CC1(O)CC(C(=O)O)(c2ccc(Br)cc2)C1. The van der Waals surface area contributed by atoms with Crippen LogP contribution in [0, 0.1) is 0 Å². The fourth-order valence-corrected chi connectivity index (χ4v) is 2.76. The van der Waals surface area contributed by atoms with Gasteiger partial charge in [0.1, 0.15) is 0 Å². The Balaban J connectivity index is 2.36. The topological polar surface area (TPSA) is 57.5 Å². The van der Waals surface area contributed by atoms with Crippen LogP contribution in [0.3, 0.4) is 0 Å². The highest BCUT2D eigenvalue weighted by atomic mass is 79.9. The Morgan fingerprint density at radius 2 is 1.81 bits per heavy atom. The molecule has 2 N–H and O–H groups in total. The lowest BCUT2D eigenvalue weighted by molar-refractivity contribution is -0.162. The van der Waals surface area contributed by atoms with E-state index in [2.05, 4.69) is 15.9 Å². The van der Waals surface area contributed by atoms with Crippen LogP contribution < -0.4 is 0 Å². The van der Waals surface area contributed by atoms with Gasteiger partial charge in [0.2, 0.25) is 0 Å². The summed E-state index contributed by atoms with van der Waals surface area (Å²) in [6.07, 6.45) is 0.550. The molecule has 0 atom stereocenters. The molecule has 1 fully saturated rings. The minimum Gasteiger partial charge on any atom is -0.481 e. The van der Waals surface area contributed by atoms with Crippen LogP contribution in [-0.4, -0.2) is 21.8 Å². The molecule has 0 heterocycles. The monoisotopic (exact) mass is 284 g/mol. The summed E-state index contributed by atoms with van der Waals surface area (Å²) in [5, 5.41) is 19.1. The second-order valence-corrected chi connectivity index (χ2v) is 5.66. The first-order valence-corrected chi connectivity index (χ1v) is 5.87. The lowest BCUT2D eigenvalue weighted by Gasteiger charge is -2.49. The number of halogens is 1. The summed E-state index contributed by atoms with van der Waals surface area (Å²) < 4.78 is 0.919. The van der Waals surface area contributed by atoms with Crippen LogP contribution in [0.15, 0.2) is 28.7 Å². The third-order valence-corrected chi connectivity index (χ3v) is 3.70. The molecular weight excluding hydrogens is 272 g/mol. The van der Waals surface area contributed by atoms with Gasteiger partial charge in [-0.25, -0.2) is 0 Å². The predicted octanol–water partition coefficient (Wildman–Crippen LogP) is 2.32. The van der Waals surface area contributed by atoms with E-state index in [1.165, 1.54) is 0 Å². The number of carbonyl (C=O) groups is 1. The number of rotatable bonds is 2. The van der Waals surface area contributed by atoms with E-state index in [1.807, 2.05) is 12.1 Å². The zero-order chi connectivity index (χ0) is 12.0. The lowest BCUT2D eigenvalue weighted by atomic mass is 9.57. The molecule has 1 saturated carbocycles. The smallest absolute Gasteiger partial charge is 0.314 e. The maximum Gasteiger partial charge on any atom is 0.314 e. The molecule has 3 nitrogen and oxygen atoms in total. The number of aliphatic carboxylic acids is 1. The molecule has 1 aliphatic carbocycles. The van der Waals surface area contributed by atoms with E-state index in [0.29, 0.717) is 0 Å². The number of benzene rings is 1. The Labute approximate surface area is 102 Å². The highest BCUT2D eigenvalue weighted by Crippen LogP contribution is 2.50. The van der Waals surface area contributed by atoms with Gasteiger partial charge in [0.25, 0.3) is 0 Å². The summed E-state index contributed by atoms with van der Waals surface area (Å²) in [4.78, 5) is 11.4. The first-order chi connectivity index (χ1) is 7.36. The molecule has 0 aliphatic heterocycles. The van der Waals surface area contributed by atoms with Crippen molar-refractivity contribution in [3.8, 4) is 0 Å². The molecule has 1 aromatic carbocycles. The average Bonchev–Trinajstić information content (AvgIpc) is 2.14. The van der Waals surface area contributed by atoms with Crippen molar-refractivity contribution in [2.45, 2.75) is 30.8 Å². The summed E-state index contributed by atoms with van der Waals surface area (Å²) in [5.41, 5.74) is -1.01. The Hall–Kier alpha value is -0.870. The normalized spacial score (nSPS) is 33.2. The summed E-state index contributed by atoms with van der Waals surface area (Å²) in [5.74, 6) is -0.860. The van der Waals surface area contributed by atoms with E-state index in [9.17, 15) is 15.0 Å². The molecule has 86 valence electrons. The highest BCUT2D eigenvalue weighted by Gasteiger charge is 2.57. The Kier molecular flexibility index (Phi) is 2.59. The summed E-state index contributed by atoms with van der Waals surface area (Å²) in [6.45, 7) is 1.67. The van der Waals surface area contributed by atoms with Crippen LogP contribution in [0.25, 0.3) is 0 Å². The van der Waals surface area contributed by atoms with Gasteiger partial charge in [-0.15, -0.1) is 0 Å². The standard InChI is InChI=1S/C12H13BrO3/c1-11(16)6-12(7-11,10(14)15)8-2-4-9(13)5-3-8/h2-5,16H,6-7H2,1H3,(H,14,15). The Morgan fingerprint density at radius 3 is 2.19 bits per heavy atom. The Bertz CT molecular complexity index is 414. The largest absolute Gasteiger partial charge is 0.481 e. The number of aliphatic hydroxyl groups is 1. The molecule has 2 rings (SSSR count). The zero-order valence-corrected chi connectivity index (χ0v) is 10.5. The fraction of sp³-hybridized carbons (Fsp3) is 0.417. The van der Waals surface area contributed by atoms with Crippen molar-refractivity contribution in [2.24, 2.45) is 0 Å². The first-order valence-electron chi connectivity index (χ1n) is 5.08. The highest BCUT2D eigenvalue weighted by molar-refractivity contribution is 9.10. The van der Waals surface area contributed by atoms with Gasteiger partial charge in [0.05, 0.1) is 11.0 Å². The summed E-state index contributed by atoms with van der Waals surface area (Å²) >= 11 is 3.31. The van der Waals surface area contributed by atoms with Gasteiger partial charge in [-0.05, 0) is 37.5 Å². The van der Waals surface area contributed by atoms with Crippen molar-refractivity contribution in [3.63, 3.8) is 0 Å². The molecule has 0 aromatic heterocycles. The minimum absolute atomic E-state index is 0.275. The third kappa shape index (κ3) is 1.76. The number of carboxylic acids is 1. The third-order valence-electron chi connectivity index (χ3n) is 3.17. The van der Waals surface area contributed by atoms with E-state index in [0.717, 1.165) is 10.0 Å². The molecular formula is C12H13BrO3. The predicted molar refractivity (Wildman–Crippen MR) is 63.3 cm³/mol. The molecule has 0 amide bonds. The van der Waals surface area contributed by atoms with Gasteiger partial charge in [0.15, 0.2) is 0 Å². The van der Waals surface area contributed by atoms with E-state index >= 15 is 0 Å². The van der Waals surface area contributed by atoms with Gasteiger partial charge in [-0.3, -0.25) is 4.79 Å². The van der Waals surface area contributed by atoms with E-state index < -0.39 is 17.0 Å². The molecule has 16 heavy (non-hydrogen) atoms. The number of hydrogen-bond acceptors (Lipinski definition) is 2. The summed E-state index contributed by atoms with van der Waals surface area (Å²) in [6, 6.07) is 7.25. The number of carboxylic acid groups (broad SMARTS) is 1. The van der Waals surface area contributed by atoms with Crippen LogP contribution in [0.2, 0.25) is 0 Å². The quantitative estimate of drug-likeness (QED) is 0.876. The molecule has 1 aromatic rings.